The number of nitrogens with one attached hydrogen (secondary N) is 1. The van der Waals surface area contributed by atoms with Gasteiger partial charge in [-0.15, -0.1) is 0 Å². The molecule has 0 saturated carbocycles. The first kappa shape index (κ1) is 15.1. The summed E-state index contributed by atoms with van der Waals surface area (Å²) in [6.07, 6.45) is 0.887. The fourth-order valence-electron chi connectivity index (χ4n) is 2.87. The molecule has 2 aliphatic heterocycles. The van der Waals surface area contributed by atoms with E-state index in [2.05, 4.69) is 26.1 Å². The fourth-order valence-corrected chi connectivity index (χ4v) is 3.44. The number of benzene rings is 1. The molecule has 1 fully saturated rings. The molecule has 0 aliphatic carbocycles. The van der Waals surface area contributed by atoms with Gasteiger partial charge in [0.25, 0.3) is 0 Å². The summed E-state index contributed by atoms with van der Waals surface area (Å²) in [6, 6.07) is 4.05. The molecular formula is C15H21BrN2O3. The van der Waals surface area contributed by atoms with Gasteiger partial charge in [-0.3, -0.25) is 4.90 Å². The maximum absolute atomic E-state index is 9.83. The number of hydrogen-bond donors (Lipinski definition) is 2. The molecule has 2 heterocycles. The van der Waals surface area contributed by atoms with Crippen LogP contribution in [-0.2, 0) is 0 Å². The molecule has 1 aromatic rings. The van der Waals surface area contributed by atoms with E-state index in [0.29, 0.717) is 13.2 Å². The molecule has 2 N–H and O–H groups in total. The molecule has 0 bridgehead atoms. The summed E-state index contributed by atoms with van der Waals surface area (Å²) in [6.45, 7) is 5.25. The van der Waals surface area contributed by atoms with Crippen LogP contribution >= 0.6 is 15.9 Å². The number of piperazine rings is 1. The molecule has 21 heavy (non-hydrogen) atoms. The lowest BCUT2D eigenvalue weighted by Crippen LogP contribution is -2.46. The predicted molar refractivity (Wildman–Crippen MR) is 84.0 cm³/mol. The first-order chi connectivity index (χ1) is 10.3. The summed E-state index contributed by atoms with van der Waals surface area (Å²) in [5, 5.41) is 13.2. The van der Waals surface area contributed by atoms with E-state index < -0.39 is 0 Å². The van der Waals surface area contributed by atoms with Crippen LogP contribution in [-0.4, -0.2) is 56.0 Å². The lowest BCUT2D eigenvalue weighted by Gasteiger charge is -2.34. The molecule has 0 aromatic heterocycles. The van der Waals surface area contributed by atoms with Gasteiger partial charge in [0, 0.05) is 32.6 Å². The highest BCUT2D eigenvalue weighted by atomic mass is 79.9. The molecule has 0 amide bonds. The Morgan fingerprint density at radius 1 is 1.24 bits per heavy atom. The van der Waals surface area contributed by atoms with Gasteiger partial charge in [-0.25, -0.2) is 0 Å². The Balaban J connectivity index is 1.89. The zero-order valence-electron chi connectivity index (χ0n) is 12.0. The second-order valence-corrected chi connectivity index (χ2v) is 6.22. The van der Waals surface area contributed by atoms with E-state index in [1.165, 1.54) is 0 Å². The quantitative estimate of drug-likeness (QED) is 0.860. The standard InChI is InChI=1S/C15H21BrN2O3/c16-12-8-11(9-14-15(12)21-7-1-6-20-14)13(10-19)18-4-2-17-3-5-18/h8-9,13,17,19H,1-7,10H2. The first-order valence-corrected chi connectivity index (χ1v) is 8.23. The molecule has 1 saturated heterocycles. The van der Waals surface area contributed by atoms with Crippen molar-refractivity contribution in [3.8, 4) is 11.5 Å². The minimum Gasteiger partial charge on any atom is -0.490 e. The third-order valence-electron chi connectivity index (χ3n) is 3.97. The number of hydrogen-bond acceptors (Lipinski definition) is 5. The van der Waals surface area contributed by atoms with Gasteiger partial charge in [0.15, 0.2) is 11.5 Å². The van der Waals surface area contributed by atoms with E-state index in [9.17, 15) is 5.11 Å². The Labute approximate surface area is 133 Å². The van der Waals surface area contributed by atoms with Gasteiger partial charge in [0.05, 0.1) is 30.3 Å². The summed E-state index contributed by atoms with van der Waals surface area (Å²) in [4.78, 5) is 2.31. The third-order valence-corrected chi connectivity index (χ3v) is 4.56. The minimum absolute atomic E-state index is 0.000512. The Hall–Kier alpha value is -0.820. The van der Waals surface area contributed by atoms with Gasteiger partial charge in [-0.05, 0) is 33.6 Å². The van der Waals surface area contributed by atoms with Gasteiger partial charge in [-0.1, -0.05) is 0 Å². The molecule has 5 nitrogen and oxygen atoms in total. The number of rotatable bonds is 3. The molecule has 0 spiro atoms. The number of nitrogens with zero attached hydrogens (tertiary/aromatic N) is 1. The second kappa shape index (κ2) is 6.96. The lowest BCUT2D eigenvalue weighted by molar-refractivity contribution is 0.110. The fraction of sp³-hybridized carbons (Fsp3) is 0.600. The number of ether oxygens (including phenoxy) is 2. The van der Waals surface area contributed by atoms with Crippen LogP contribution in [0, 0.1) is 0 Å². The van der Waals surface area contributed by atoms with Crippen molar-refractivity contribution in [2.24, 2.45) is 0 Å². The molecule has 6 heteroatoms. The van der Waals surface area contributed by atoms with Crippen LogP contribution < -0.4 is 14.8 Å². The Bertz CT molecular complexity index is 492. The van der Waals surface area contributed by atoms with Gasteiger partial charge < -0.3 is 19.9 Å². The van der Waals surface area contributed by atoms with Crippen molar-refractivity contribution in [3.05, 3.63) is 22.2 Å². The van der Waals surface area contributed by atoms with Gasteiger partial charge in [-0.2, -0.15) is 0 Å². The maximum atomic E-state index is 9.83. The smallest absolute Gasteiger partial charge is 0.175 e. The van der Waals surface area contributed by atoms with Crippen molar-refractivity contribution in [2.45, 2.75) is 12.5 Å². The van der Waals surface area contributed by atoms with Crippen molar-refractivity contribution < 1.29 is 14.6 Å². The number of fused-ring (bicyclic) bond motifs is 1. The molecule has 0 radical (unpaired) electrons. The van der Waals surface area contributed by atoms with Gasteiger partial charge in [0.1, 0.15) is 0 Å². The number of aliphatic hydroxyl groups excluding tert-OH is 1. The topological polar surface area (TPSA) is 54.0 Å². The largest absolute Gasteiger partial charge is 0.490 e. The zero-order valence-corrected chi connectivity index (χ0v) is 13.6. The number of aliphatic hydroxyl groups is 1. The van der Waals surface area contributed by atoms with Crippen LogP contribution in [0.15, 0.2) is 16.6 Å². The van der Waals surface area contributed by atoms with Crippen LogP contribution in [0.25, 0.3) is 0 Å². The summed E-state index contributed by atoms with van der Waals surface area (Å²) < 4.78 is 12.4. The van der Waals surface area contributed by atoms with Crippen molar-refractivity contribution in [2.75, 3.05) is 46.0 Å². The maximum Gasteiger partial charge on any atom is 0.175 e. The van der Waals surface area contributed by atoms with Crippen molar-refractivity contribution in [1.82, 2.24) is 10.2 Å². The minimum atomic E-state index is 0.000512. The van der Waals surface area contributed by atoms with Crippen molar-refractivity contribution >= 4 is 15.9 Å². The summed E-state index contributed by atoms with van der Waals surface area (Å²) >= 11 is 3.57. The van der Waals surface area contributed by atoms with E-state index >= 15 is 0 Å². The SMILES string of the molecule is OCC(c1cc(Br)c2c(c1)OCCCO2)N1CCNCC1. The average Bonchev–Trinajstić information content (AvgIpc) is 2.75. The molecule has 1 aromatic carbocycles. The highest BCUT2D eigenvalue weighted by Gasteiger charge is 2.24. The van der Waals surface area contributed by atoms with Crippen LogP contribution in [0.1, 0.15) is 18.0 Å². The summed E-state index contributed by atoms with van der Waals surface area (Å²) in [5.41, 5.74) is 1.07. The highest BCUT2D eigenvalue weighted by Crippen LogP contribution is 2.40. The van der Waals surface area contributed by atoms with E-state index in [-0.39, 0.29) is 12.6 Å². The molecule has 2 aliphatic rings. The van der Waals surface area contributed by atoms with Crippen LogP contribution in [0.2, 0.25) is 0 Å². The first-order valence-electron chi connectivity index (χ1n) is 7.44. The molecule has 1 atom stereocenters. The molecule has 3 rings (SSSR count). The summed E-state index contributed by atoms with van der Waals surface area (Å²) in [5.74, 6) is 1.54. The van der Waals surface area contributed by atoms with E-state index in [0.717, 1.165) is 54.1 Å². The zero-order chi connectivity index (χ0) is 14.7. The Morgan fingerprint density at radius 3 is 2.76 bits per heavy atom. The van der Waals surface area contributed by atoms with E-state index in [1.54, 1.807) is 0 Å². The van der Waals surface area contributed by atoms with Crippen LogP contribution in [0.5, 0.6) is 11.5 Å². The van der Waals surface area contributed by atoms with Crippen molar-refractivity contribution in [1.29, 1.82) is 0 Å². The monoisotopic (exact) mass is 356 g/mol. The number of halogens is 1. The Kier molecular flexibility index (Phi) is 5.00. The third kappa shape index (κ3) is 3.34. The van der Waals surface area contributed by atoms with Gasteiger partial charge >= 0.3 is 0 Å². The van der Waals surface area contributed by atoms with Gasteiger partial charge in [0.2, 0.25) is 0 Å². The van der Waals surface area contributed by atoms with Crippen molar-refractivity contribution in [3.63, 3.8) is 0 Å². The van der Waals surface area contributed by atoms with E-state index in [4.69, 9.17) is 9.47 Å². The second-order valence-electron chi connectivity index (χ2n) is 5.36. The molecule has 1 unspecified atom stereocenters. The Morgan fingerprint density at radius 2 is 2.00 bits per heavy atom. The summed E-state index contributed by atoms with van der Waals surface area (Å²) in [7, 11) is 0. The molecule has 116 valence electrons. The predicted octanol–water partition coefficient (Wildman–Crippen LogP) is 1.55. The highest BCUT2D eigenvalue weighted by molar-refractivity contribution is 9.10. The van der Waals surface area contributed by atoms with Crippen LogP contribution in [0.4, 0.5) is 0 Å². The molecular weight excluding hydrogens is 336 g/mol. The lowest BCUT2D eigenvalue weighted by atomic mass is 10.0. The average molecular weight is 357 g/mol. The normalized spacial score (nSPS) is 20.9. The van der Waals surface area contributed by atoms with E-state index in [1.807, 2.05) is 12.1 Å². The van der Waals surface area contributed by atoms with Crippen LogP contribution in [0.3, 0.4) is 0 Å².